The molecule has 0 aliphatic heterocycles. The molecule has 0 unspecified atom stereocenters. The van der Waals surface area contributed by atoms with Crippen LogP contribution >= 0.6 is 11.3 Å². The summed E-state index contributed by atoms with van der Waals surface area (Å²) >= 11 is 1.50. The fourth-order valence-corrected chi connectivity index (χ4v) is 4.00. The average molecular weight is 397 g/mol. The molecule has 7 heteroatoms. The third-order valence-electron chi connectivity index (χ3n) is 4.71. The number of aliphatic hydroxyl groups excluding tert-OH is 1. The monoisotopic (exact) mass is 396 g/mol. The van der Waals surface area contributed by atoms with Gasteiger partial charge in [-0.3, -0.25) is 4.79 Å². The molecule has 3 rings (SSSR count). The highest BCUT2D eigenvalue weighted by Crippen LogP contribution is 2.26. The second-order valence-corrected chi connectivity index (χ2v) is 7.86. The Hall–Kier alpha value is -2.64. The number of amides is 1. The van der Waals surface area contributed by atoms with E-state index in [2.05, 4.69) is 20.3 Å². The highest BCUT2D eigenvalue weighted by Gasteiger charge is 2.23. The first-order valence-corrected chi connectivity index (χ1v) is 10.0. The van der Waals surface area contributed by atoms with Gasteiger partial charge in [0.2, 0.25) is 0 Å². The predicted molar refractivity (Wildman–Crippen MR) is 111 cm³/mol. The minimum atomic E-state index is -0.590. The fourth-order valence-electron chi connectivity index (χ4n) is 2.99. The second kappa shape index (κ2) is 8.58. The van der Waals surface area contributed by atoms with Crippen molar-refractivity contribution in [2.75, 3.05) is 6.54 Å². The Morgan fingerprint density at radius 2 is 1.89 bits per heavy atom. The maximum atomic E-state index is 12.8. The number of nitrogens with zero attached hydrogens (tertiary/aromatic N) is 3. The van der Waals surface area contributed by atoms with E-state index in [1.807, 2.05) is 39.0 Å². The molecule has 0 fully saturated rings. The van der Waals surface area contributed by atoms with Crippen LogP contribution in [0, 0.1) is 20.8 Å². The lowest BCUT2D eigenvalue weighted by Gasteiger charge is -2.20. The molecule has 0 radical (unpaired) electrons. The molecule has 0 bridgehead atoms. The number of hydrogen-bond acceptors (Lipinski definition) is 6. The van der Waals surface area contributed by atoms with Crippen molar-refractivity contribution in [2.45, 2.75) is 39.7 Å². The lowest BCUT2D eigenvalue weighted by atomic mass is 9.99. The first-order valence-electron chi connectivity index (χ1n) is 9.12. The van der Waals surface area contributed by atoms with Gasteiger partial charge in [0.05, 0.1) is 17.3 Å². The number of carbonyl (C=O) groups is 1. The summed E-state index contributed by atoms with van der Waals surface area (Å²) in [6.07, 6.45) is 2.92. The fraction of sp³-hybridized carbons (Fsp3) is 0.333. The molecule has 2 heterocycles. The third kappa shape index (κ3) is 4.43. The summed E-state index contributed by atoms with van der Waals surface area (Å²) in [4.78, 5) is 26.8. The highest BCUT2D eigenvalue weighted by atomic mass is 32.1. The Morgan fingerprint density at radius 1 is 1.18 bits per heavy atom. The number of rotatable bonds is 6. The normalized spacial score (nSPS) is 13.2. The lowest BCUT2D eigenvalue weighted by molar-refractivity contribution is 0.0936. The Morgan fingerprint density at radius 3 is 2.50 bits per heavy atom. The van der Waals surface area contributed by atoms with E-state index < -0.39 is 6.10 Å². The molecule has 2 aromatic heterocycles. The van der Waals surface area contributed by atoms with Crippen LogP contribution in [-0.2, 0) is 0 Å². The largest absolute Gasteiger partial charge is 0.393 e. The second-order valence-electron chi connectivity index (χ2n) is 6.97. The van der Waals surface area contributed by atoms with Crippen molar-refractivity contribution in [3.05, 3.63) is 63.4 Å². The number of benzene rings is 1. The SMILES string of the molecule is Cc1cnc(-c2ccc(C)c(C(=O)NC[C@H](c3scnc3C)[C@@H](C)O)c2)nc1. The summed E-state index contributed by atoms with van der Waals surface area (Å²) in [6.45, 7) is 7.81. The van der Waals surface area contributed by atoms with E-state index >= 15 is 0 Å². The topological polar surface area (TPSA) is 88.0 Å². The van der Waals surface area contributed by atoms with Gasteiger partial charge in [0.15, 0.2) is 5.82 Å². The summed E-state index contributed by atoms with van der Waals surface area (Å²) in [5.41, 5.74) is 5.87. The minimum absolute atomic E-state index is 0.181. The maximum Gasteiger partial charge on any atom is 0.251 e. The smallest absolute Gasteiger partial charge is 0.251 e. The zero-order valence-electron chi connectivity index (χ0n) is 16.4. The Balaban J connectivity index is 1.79. The first-order chi connectivity index (χ1) is 13.4. The van der Waals surface area contributed by atoms with E-state index in [-0.39, 0.29) is 11.8 Å². The van der Waals surface area contributed by atoms with Crippen molar-refractivity contribution in [3.8, 4) is 11.4 Å². The van der Waals surface area contributed by atoms with E-state index in [1.54, 1.807) is 24.8 Å². The molecule has 3 aromatic rings. The Labute approximate surface area is 168 Å². The van der Waals surface area contributed by atoms with Gasteiger partial charge in [-0.25, -0.2) is 15.0 Å². The number of nitrogens with one attached hydrogen (secondary N) is 1. The van der Waals surface area contributed by atoms with Crippen LogP contribution in [-0.4, -0.2) is 38.6 Å². The van der Waals surface area contributed by atoms with E-state index in [1.165, 1.54) is 11.3 Å². The van der Waals surface area contributed by atoms with Crippen molar-refractivity contribution in [2.24, 2.45) is 0 Å². The minimum Gasteiger partial charge on any atom is -0.393 e. The number of hydrogen-bond donors (Lipinski definition) is 2. The van der Waals surface area contributed by atoms with E-state index in [4.69, 9.17) is 0 Å². The Kier molecular flexibility index (Phi) is 6.16. The van der Waals surface area contributed by atoms with Crippen molar-refractivity contribution in [3.63, 3.8) is 0 Å². The van der Waals surface area contributed by atoms with Crippen LogP contribution in [0.25, 0.3) is 11.4 Å². The van der Waals surface area contributed by atoms with Crippen LogP contribution in [0.1, 0.15) is 44.9 Å². The summed E-state index contributed by atoms with van der Waals surface area (Å²) < 4.78 is 0. The quantitative estimate of drug-likeness (QED) is 0.667. The molecular weight excluding hydrogens is 372 g/mol. The van der Waals surface area contributed by atoms with Crippen LogP contribution in [0.2, 0.25) is 0 Å². The number of aryl methyl sites for hydroxylation is 3. The summed E-state index contributed by atoms with van der Waals surface area (Å²) in [5.74, 6) is 0.210. The number of aliphatic hydroxyl groups is 1. The van der Waals surface area contributed by atoms with Crippen LogP contribution in [0.5, 0.6) is 0 Å². The summed E-state index contributed by atoms with van der Waals surface area (Å²) in [6, 6.07) is 5.62. The Bertz CT molecular complexity index is 967. The highest BCUT2D eigenvalue weighted by molar-refractivity contribution is 7.09. The van der Waals surface area contributed by atoms with Crippen molar-refractivity contribution < 1.29 is 9.90 Å². The molecular formula is C21H24N4O2S. The van der Waals surface area contributed by atoms with E-state index in [0.717, 1.165) is 27.3 Å². The summed E-state index contributed by atoms with van der Waals surface area (Å²) in [5, 5.41) is 13.1. The van der Waals surface area contributed by atoms with Gasteiger partial charge in [0.25, 0.3) is 5.91 Å². The molecule has 0 aliphatic carbocycles. The third-order valence-corrected chi connectivity index (χ3v) is 5.77. The molecule has 2 N–H and O–H groups in total. The molecule has 2 atom stereocenters. The number of thiazole rings is 1. The predicted octanol–water partition coefficient (Wildman–Crippen LogP) is 3.42. The van der Waals surface area contributed by atoms with Crippen molar-refractivity contribution >= 4 is 17.2 Å². The molecule has 28 heavy (non-hydrogen) atoms. The molecule has 0 aliphatic rings. The van der Waals surface area contributed by atoms with Gasteiger partial charge in [-0.1, -0.05) is 12.1 Å². The molecule has 0 saturated carbocycles. The number of carbonyl (C=O) groups excluding carboxylic acids is 1. The van der Waals surface area contributed by atoms with Gasteiger partial charge in [-0.2, -0.15) is 0 Å². The standard InChI is InChI=1S/C21H24N4O2S/c1-12-8-22-20(23-9-12)16-6-5-13(2)17(7-16)21(27)24-10-18(15(4)26)19-14(3)25-11-28-19/h5-9,11,15,18,26H,10H2,1-4H3,(H,24,27)/t15-,18+/m1/s1. The summed E-state index contributed by atoms with van der Waals surface area (Å²) in [7, 11) is 0. The van der Waals surface area contributed by atoms with Crippen molar-refractivity contribution in [1.29, 1.82) is 0 Å². The van der Waals surface area contributed by atoms with Gasteiger partial charge in [0.1, 0.15) is 0 Å². The van der Waals surface area contributed by atoms with Crippen LogP contribution in [0.3, 0.4) is 0 Å². The molecule has 0 spiro atoms. The van der Waals surface area contributed by atoms with Gasteiger partial charge >= 0.3 is 0 Å². The molecule has 146 valence electrons. The van der Waals surface area contributed by atoms with Crippen LogP contribution < -0.4 is 5.32 Å². The molecule has 1 amide bonds. The average Bonchev–Trinajstić information content (AvgIpc) is 3.08. The first kappa shape index (κ1) is 20.1. The van der Waals surface area contributed by atoms with E-state index in [0.29, 0.717) is 17.9 Å². The van der Waals surface area contributed by atoms with Crippen LogP contribution in [0.4, 0.5) is 0 Å². The lowest BCUT2D eigenvalue weighted by Crippen LogP contribution is -2.33. The van der Waals surface area contributed by atoms with Gasteiger partial charge in [-0.05, 0) is 44.9 Å². The molecule has 0 saturated heterocycles. The molecule has 6 nitrogen and oxygen atoms in total. The van der Waals surface area contributed by atoms with E-state index in [9.17, 15) is 9.90 Å². The van der Waals surface area contributed by atoms with Crippen molar-refractivity contribution in [1.82, 2.24) is 20.3 Å². The van der Waals surface area contributed by atoms with Crippen LogP contribution in [0.15, 0.2) is 36.1 Å². The van der Waals surface area contributed by atoms with Gasteiger partial charge < -0.3 is 10.4 Å². The number of aromatic nitrogens is 3. The zero-order chi connectivity index (χ0) is 20.3. The van der Waals surface area contributed by atoms with Gasteiger partial charge in [0, 0.05) is 40.9 Å². The zero-order valence-corrected chi connectivity index (χ0v) is 17.2. The maximum absolute atomic E-state index is 12.8. The molecule has 1 aromatic carbocycles. The van der Waals surface area contributed by atoms with Gasteiger partial charge in [-0.15, -0.1) is 11.3 Å².